The lowest BCUT2D eigenvalue weighted by Crippen LogP contribution is -2.55. The number of benzene rings is 2. The number of hydrogen-bond acceptors (Lipinski definition) is 5. The van der Waals surface area contributed by atoms with E-state index in [-0.39, 0.29) is 30.2 Å². The van der Waals surface area contributed by atoms with Crippen LogP contribution in [0, 0.1) is 5.92 Å². The van der Waals surface area contributed by atoms with E-state index in [9.17, 15) is 9.59 Å². The van der Waals surface area contributed by atoms with Crippen molar-refractivity contribution >= 4 is 22.5 Å². The highest BCUT2D eigenvalue weighted by Crippen LogP contribution is 2.47. The van der Waals surface area contributed by atoms with Crippen LogP contribution in [-0.2, 0) is 14.3 Å². The van der Waals surface area contributed by atoms with Crippen LogP contribution in [0.25, 0.3) is 10.8 Å². The Hall–Kier alpha value is -2.82. The van der Waals surface area contributed by atoms with Crippen LogP contribution in [-0.4, -0.2) is 23.6 Å². The summed E-state index contributed by atoms with van der Waals surface area (Å²) in [5, 5.41) is 1.95. The maximum Gasteiger partial charge on any atom is 0.306 e. The number of ether oxygens (including phenoxy) is 3. The van der Waals surface area contributed by atoms with E-state index < -0.39 is 5.79 Å². The SMILES string of the molecule is O=C1C=CC2(Oc3cccc4cccc(c34)O2)C(C2CCC(=O)O2)C1. The van der Waals surface area contributed by atoms with E-state index in [2.05, 4.69) is 0 Å². The first-order chi connectivity index (χ1) is 12.1. The zero-order valence-electron chi connectivity index (χ0n) is 13.4. The van der Waals surface area contributed by atoms with Crippen LogP contribution in [0.5, 0.6) is 11.5 Å². The molecule has 126 valence electrons. The molecule has 2 heterocycles. The number of ketones is 1. The van der Waals surface area contributed by atoms with Gasteiger partial charge in [-0.15, -0.1) is 0 Å². The molecule has 0 radical (unpaired) electrons. The molecular formula is C20H16O5. The van der Waals surface area contributed by atoms with Crippen molar-refractivity contribution < 1.29 is 23.8 Å². The van der Waals surface area contributed by atoms with E-state index >= 15 is 0 Å². The van der Waals surface area contributed by atoms with E-state index in [1.807, 2.05) is 36.4 Å². The van der Waals surface area contributed by atoms with Crippen LogP contribution in [0.2, 0.25) is 0 Å². The number of cyclic esters (lactones) is 1. The summed E-state index contributed by atoms with van der Waals surface area (Å²) in [4.78, 5) is 23.6. The number of rotatable bonds is 1. The summed E-state index contributed by atoms with van der Waals surface area (Å²) < 4.78 is 18.0. The van der Waals surface area contributed by atoms with Gasteiger partial charge in [0.15, 0.2) is 5.78 Å². The summed E-state index contributed by atoms with van der Waals surface area (Å²) in [7, 11) is 0. The molecule has 5 heteroatoms. The van der Waals surface area contributed by atoms with Crippen LogP contribution >= 0.6 is 0 Å². The minimum atomic E-state index is -1.13. The standard InChI is InChI=1S/C20H16O5/c21-13-9-10-20(14(11-13)15-7-8-18(22)23-15)24-16-5-1-3-12-4-2-6-17(25-20)19(12)16/h1-6,9-10,14-15H,7-8,11H2. The van der Waals surface area contributed by atoms with Crippen molar-refractivity contribution in [1.29, 1.82) is 0 Å². The Labute approximate surface area is 144 Å². The van der Waals surface area contributed by atoms with Gasteiger partial charge in [0.1, 0.15) is 17.6 Å². The van der Waals surface area contributed by atoms with Crippen molar-refractivity contribution in [2.24, 2.45) is 5.92 Å². The van der Waals surface area contributed by atoms with Gasteiger partial charge in [-0.2, -0.15) is 0 Å². The van der Waals surface area contributed by atoms with Crippen LogP contribution in [0.4, 0.5) is 0 Å². The lowest BCUT2D eigenvalue weighted by Gasteiger charge is -2.44. The molecule has 1 fully saturated rings. The molecule has 2 unspecified atom stereocenters. The molecule has 5 rings (SSSR count). The predicted molar refractivity (Wildman–Crippen MR) is 89.3 cm³/mol. The van der Waals surface area contributed by atoms with Gasteiger partial charge in [0.2, 0.25) is 0 Å². The highest BCUT2D eigenvalue weighted by atomic mass is 16.7. The first-order valence-corrected chi connectivity index (χ1v) is 8.46. The normalized spacial score (nSPS) is 26.4. The Morgan fingerprint density at radius 1 is 1.00 bits per heavy atom. The number of carbonyl (C=O) groups is 2. The van der Waals surface area contributed by atoms with Crippen molar-refractivity contribution in [3.8, 4) is 11.5 Å². The van der Waals surface area contributed by atoms with Crippen LogP contribution < -0.4 is 9.47 Å². The average Bonchev–Trinajstić information content (AvgIpc) is 3.04. The fourth-order valence-corrected chi connectivity index (χ4v) is 4.01. The first-order valence-electron chi connectivity index (χ1n) is 8.46. The fourth-order valence-electron chi connectivity index (χ4n) is 4.01. The Balaban J connectivity index is 1.63. The quantitative estimate of drug-likeness (QED) is 0.749. The van der Waals surface area contributed by atoms with Gasteiger partial charge in [-0.25, -0.2) is 0 Å². The Kier molecular flexibility index (Phi) is 2.95. The molecule has 5 nitrogen and oxygen atoms in total. The molecule has 25 heavy (non-hydrogen) atoms. The van der Waals surface area contributed by atoms with Crippen LogP contribution in [0.15, 0.2) is 48.6 Å². The van der Waals surface area contributed by atoms with Gasteiger partial charge in [-0.05, 0) is 30.0 Å². The van der Waals surface area contributed by atoms with Gasteiger partial charge in [-0.3, -0.25) is 9.59 Å². The third-order valence-corrected chi connectivity index (χ3v) is 5.17. The van der Waals surface area contributed by atoms with E-state index in [1.54, 1.807) is 6.08 Å². The maximum absolute atomic E-state index is 12.0. The van der Waals surface area contributed by atoms with Crippen molar-refractivity contribution in [3.63, 3.8) is 0 Å². The smallest absolute Gasteiger partial charge is 0.306 e. The molecule has 3 aliphatic rings. The maximum atomic E-state index is 12.0. The highest BCUT2D eigenvalue weighted by Gasteiger charge is 2.53. The summed E-state index contributed by atoms with van der Waals surface area (Å²) in [5.41, 5.74) is 0. The predicted octanol–water partition coefficient (Wildman–Crippen LogP) is 3.16. The number of esters is 1. The summed E-state index contributed by atoms with van der Waals surface area (Å²) in [6, 6.07) is 11.7. The van der Waals surface area contributed by atoms with Gasteiger partial charge >= 0.3 is 5.97 Å². The van der Waals surface area contributed by atoms with Crippen molar-refractivity contribution in [2.75, 3.05) is 0 Å². The first kappa shape index (κ1) is 14.5. The van der Waals surface area contributed by atoms with Crippen molar-refractivity contribution in [3.05, 3.63) is 48.6 Å². The molecule has 1 aliphatic carbocycles. The van der Waals surface area contributed by atoms with Gasteiger partial charge < -0.3 is 14.2 Å². The molecule has 1 saturated heterocycles. The largest absolute Gasteiger partial charge is 0.462 e. The second kappa shape index (κ2) is 5.09. The Bertz CT molecular complexity index is 888. The topological polar surface area (TPSA) is 61.8 Å². The number of carbonyl (C=O) groups excluding carboxylic acids is 2. The Morgan fingerprint density at radius 3 is 2.36 bits per heavy atom. The monoisotopic (exact) mass is 336 g/mol. The van der Waals surface area contributed by atoms with Crippen LogP contribution in [0.3, 0.4) is 0 Å². The zero-order valence-corrected chi connectivity index (χ0v) is 13.4. The van der Waals surface area contributed by atoms with E-state index in [0.717, 1.165) is 10.8 Å². The van der Waals surface area contributed by atoms with E-state index in [4.69, 9.17) is 14.2 Å². The molecule has 0 aromatic heterocycles. The van der Waals surface area contributed by atoms with Gasteiger partial charge in [0, 0.05) is 18.9 Å². The number of hydrogen-bond donors (Lipinski definition) is 0. The summed E-state index contributed by atoms with van der Waals surface area (Å²) in [6.07, 6.45) is 3.95. The summed E-state index contributed by atoms with van der Waals surface area (Å²) in [6.45, 7) is 0. The third-order valence-electron chi connectivity index (χ3n) is 5.17. The van der Waals surface area contributed by atoms with Crippen molar-refractivity contribution in [2.45, 2.75) is 31.2 Å². The second-order valence-electron chi connectivity index (χ2n) is 6.71. The molecule has 2 aromatic carbocycles. The molecule has 2 aromatic rings. The minimum absolute atomic E-state index is 0.0113. The molecule has 2 atom stereocenters. The van der Waals surface area contributed by atoms with Gasteiger partial charge in [-0.1, -0.05) is 24.3 Å². The molecule has 0 saturated carbocycles. The molecule has 2 aliphatic heterocycles. The number of allylic oxidation sites excluding steroid dienone is 1. The zero-order chi connectivity index (χ0) is 17.0. The molecule has 0 N–H and O–H groups in total. The summed E-state index contributed by atoms with van der Waals surface area (Å²) in [5.74, 6) is -0.324. The lowest BCUT2D eigenvalue weighted by atomic mass is 9.81. The molecule has 1 spiro atoms. The Morgan fingerprint density at radius 2 is 1.72 bits per heavy atom. The molecule has 0 amide bonds. The lowest BCUT2D eigenvalue weighted by molar-refractivity contribution is -0.171. The summed E-state index contributed by atoms with van der Waals surface area (Å²) >= 11 is 0. The van der Waals surface area contributed by atoms with Crippen LogP contribution in [0.1, 0.15) is 19.3 Å². The minimum Gasteiger partial charge on any atom is -0.462 e. The van der Waals surface area contributed by atoms with E-state index in [1.165, 1.54) is 6.08 Å². The third kappa shape index (κ3) is 2.15. The van der Waals surface area contributed by atoms with E-state index in [0.29, 0.717) is 24.3 Å². The molecule has 0 bridgehead atoms. The molecular weight excluding hydrogens is 320 g/mol. The van der Waals surface area contributed by atoms with Crippen molar-refractivity contribution in [1.82, 2.24) is 0 Å². The fraction of sp³-hybridized carbons (Fsp3) is 0.300. The average molecular weight is 336 g/mol. The highest BCUT2D eigenvalue weighted by molar-refractivity contribution is 5.95. The second-order valence-corrected chi connectivity index (χ2v) is 6.71. The van der Waals surface area contributed by atoms with Gasteiger partial charge in [0.25, 0.3) is 5.79 Å². The van der Waals surface area contributed by atoms with Gasteiger partial charge in [0.05, 0.1) is 11.3 Å².